The first-order chi connectivity index (χ1) is 9.13. The molecular formula is C14H18ClN3S. The van der Waals surface area contributed by atoms with Gasteiger partial charge in [0, 0.05) is 17.3 Å². The summed E-state index contributed by atoms with van der Waals surface area (Å²) in [6.45, 7) is 4.09. The normalized spacial score (nSPS) is 12.6. The molecule has 0 spiro atoms. The fourth-order valence-corrected chi connectivity index (χ4v) is 3.27. The van der Waals surface area contributed by atoms with E-state index in [2.05, 4.69) is 34.6 Å². The molecule has 102 valence electrons. The lowest BCUT2D eigenvalue weighted by Gasteiger charge is -2.18. The highest BCUT2D eigenvalue weighted by Gasteiger charge is 2.16. The summed E-state index contributed by atoms with van der Waals surface area (Å²) in [5.41, 5.74) is 3.26. The summed E-state index contributed by atoms with van der Waals surface area (Å²) >= 11 is 7.63. The lowest BCUT2D eigenvalue weighted by atomic mass is 10.00. The van der Waals surface area contributed by atoms with E-state index in [1.54, 1.807) is 11.3 Å². The molecule has 5 heteroatoms. The van der Waals surface area contributed by atoms with Crippen molar-refractivity contribution in [1.29, 1.82) is 0 Å². The predicted octanol–water partition coefficient (Wildman–Crippen LogP) is 3.57. The highest BCUT2D eigenvalue weighted by Crippen LogP contribution is 2.27. The topological polar surface area (TPSA) is 37.8 Å². The smallest absolute Gasteiger partial charge is 0.0931 e. The molecule has 0 bridgehead atoms. The van der Waals surface area contributed by atoms with Gasteiger partial charge < -0.3 is 5.32 Å². The predicted molar refractivity (Wildman–Crippen MR) is 81.0 cm³/mol. The molecule has 0 aliphatic rings. The highest BCUT2D eigenvalue weighted by molar-refractivity contribution is 7.16. The van der Waals surface area contributed by atoms with Crippen LogP contribution in [0.25, 0.3) is 0 Å². The second kappa shape index (κ2) is 6.46. The van der Waals surface area contributed by atoms with Crippen molar-refractivity contribution < 1.29 is 0 Å². The van der Waals surface area contributed by atoms with Gasteiger partial charge >= 0.3 is 0 Å². The van der Waals surface area contributed by atoms with E-state index in [0.717, 1.165) is 28.6 Å². The highest BCUT2D eigenvalue weighted by atomic mass is 35.5. The summed E-state index contributed by atoms with van der Waals surface area (Å²) in [6.07, 6.45) is 1.82. The van der Waals surface area contributed by atoms with Crippen molar-refractivity contribution >= 4 is 22.9 Å². The molecule has 2 aromatic heterocycles. The Hall–Kier alpha value is -0.970. The van der Waals surface area contributed by atoms with Crippen molar-refractivity contribution in [2.24, 2.45) is 0 Å². The third-order valence-corrected chi connectivity index (χ3v) is 4.37. The second-order valence-corrected chi connectivity index (χ2v) is 6.29. The van der Waals surface area contributed by atoms with Gasteiger partial charge in [0.25, 0.3) is 0 Å². The van der Waals surface area contributed by atoms with Crippen molar-refractivity contribution in [3.63, 3.8) is 0 Å². The van der Waals surface area contributed by atoms with Crippen molar-refractivity contribution in [3.05, 3.63) is 44.4 Å². The summed E-state index contributed by atoms with van der Waals surface area (Å²) < 4.78 is 0.838. The first-order valence-electron chi connectivity index (χ1n) is 6.38. The van der Waals surface area contributed by atoms with Gasteiger partial charge in [0.05, 0.1) is 15.7 Å². The zero-order valence-corrected chi connectivity index (χ0v) is 13.0. The monoisotopic (exact) mass is 295 g/mol. The quantitative estimate of drug-likeness (QED) is 0.916. The number of nitrogens with zero attached hydrogens (tertiary/aromatic N) is 2. The van der Waals surface area contributed by atoms with Crippen molar-refractivity contribution in [2.75, 3.05) is 7.05 Å². The zero-order chi connectivity index (χ0) is 13.8. The minimum atomic E-state index is 0.249. The zero-order valence-electron chi connectivity index (χ0n) is 11.4. The number of hydrogen-bond acceptors (Lipinski definition) is 4. The van der Waals surface area contributed by atoms with Gasteiger partial charge in [-0.3, -0.25) is 0 Å². The summed E-state index contributed by atoms with van der Waals surface area (Å²) in [5, 5.41) is 11.8. The second-order valence-electron chi connectivity index (χ2n) is 4.49. The summed E-state index contributed by atoms with van der Waals surface area (Å²) in [6, 6.07) is 6.41. The Kier molecular flexibility index (Phi) is 4.91. The molecule has 1 N–H and O–H groups in total. The van der Waals surface area contributed by atoms with Crippen LogP contribution in [0.1, 0.15) is 34.8 Å². The summed E-state index contributed by atoms with van der Waals surface area (Å²) in [5.74, 6) is 0. The number of aryl methyl sites for hydroxylation is 2. The van der Waals surface area contributed by atoms with E-state index in [0.29, 0.717) is 0 Å². The lowest BCUT2D eigenvalue weighted by molar-refractivity contribution is 0.583. The van der Waals surface area contributed by atoms with E-state index in [4.69, 9.17) is 11.6 Å². The molecule has 0 aliphatic heterocycles. The van der Waals surface area contributed by atoms with Gasteiger partial charge in [0.15, 0.2) is 0 Å². The Balaban J connectivity index is 2.28. The van der Waals surface area contributed by atoms with Gasteiger partial charge in [0.2, 0.25) is 0 Å². The Morgan fingerprint density at radius 3 is 2.74 bits per heavy atom. The van der Waals surface area contributed by atoms with Gasteiger partial charge in [0.1, 0.15) is 0 Å². The van der Waals surface area contributed by atoms with Crippen LogP contribution >= 0.6 is 22.9 Å². The Bertz CT molecular complexity index is 553. The molecule has 0 aromatic carbocycles. The van der Waals surface area contributed by atoms with Gasteiger partial charge in [-0.15, -0.1) is 11.3 Å². The van der Waals surface area contributed by atoms with Crippen molar-refractivity contribution in [1.82, 2.24) is 15.5 Å². The third kappa shape index (κ3) is 3.53. The van der Waals surface area contributed by atoms with Crippen LogP contribution in [0, 0.1) is 6.92 Å². The van der Waals surface area contributed by atoms with Gasteiger partial charge in [-0.2, -0.15) is 10.2 Å². The average Bonchev–Trinajstić information content (AvgIpc) is 2.81. The molecular weight excluding hydrogens is 278 g/mol. The summed E-state index contributed by atoms with van der Waals surface area (Å²) in [7, 11) is 1.98. The first kappa shape index (κ1) is 14.4. The third-order valence-electron chi connectivity index (χ3n) is 3.12. The maximum Gasteiger partial charge on any atom is 0.0931 e. The van der Waals surface area contributed by atoms with E-state index < -0.39 is 0 Å². The van der Waals surface area contributed by atoms with Crippen LogP contribution in [0.5, 0.6) is 0 Å². The van der Waals surface area contributed by atoms with Crippen molar-refractivity contribution in [2.45, 2.75) is 32.7 Å². The molecule has 1 atom stereocenters. The number of likely N-dealkylation sites (N-methyl/N-ethyl adjacent to an activating group) is 1. The molecule has 0 saturated carbocycles. The van der Waals surface area contributed by atoms with Crippen LogP contribution in [-0.4, -0.2) is 17.2 Å². The average molecular weight is 296 g/mol. The minimum Gasteiger partial charge on any atom is -0.313 e. The molecule has 0 amide bonds. The van der Waals surface area contributed by atoms with Crippen molar-refractivity contribution in [3.8, 4) is 0 Å². The van der Waals surface area contributed by atoms with Crippen LogP contribution < -0.4 is 5.32 Å². The van der Waals surface area contributed by atoms with E-state index in [1.807, 2.05) is 20.0 Å². The van der Waals surface area contributed by atoms with E-state index in [1.165, 1.54) is 10.4 Å². The Labute approximate surface area is 123 Å². The van der Waals surface area contributed by atoms with Crippen LogP contribution in [0.3, 0.4) is 0 Å². The lowest BCUT2D eigenvalue weighted by Crippen LogP contribution is -2.21. The molecule has 0 radical (unpaired) electrons. The van der Waals surface area contributed by atoms with Crippen LogP contribution in [0.15, 0.2) is 18.2 Å². The number of hydrogen-bond donors (Lipinski definition) is 1. The number of nitrogens with one attached hydrogen (secondary N) is 1. The minimum absolute atomic E-state index is 0.249. The summed E-state index contributed by atoms with van der Waals surface area (Å²) in [4.78, 5) is 1.28. The molecule has 1 unspecified atom stereocenters. The molecule has 2 rings (SSSR count). The fraction of sp³-hybridized carbons (Fsp3) is 0.429. The molecule has 0 saturated heterocycles. The number of thiophene rings is 1. The van der Waals surface area contributed by atoms with E-state index in [-0.39, 0.29) is 6.04 Å². The Morgan fingerprint density at radius 2 is 2.16 bits per heavy atom. The van der Waals surface area contributed by atoms with Gasteiger partial charge in [-0.1, -0.05) is 18.5 Å². The SMILES string of the molecule is CCc1nnc(C)cc1C(Cc1ccc(Cl)s1)NC. The molecule has 3 nitrogen and oxygen atoms in total. The molecule has 19 heavy (non-hydrogen) atoms. The Morgan fingerprint density at radius 1 is 1.37 bits per heavy atom. The molecule has 0 fully saturated rings. The number of rotatable bonds is 5. The fourth-order valence-electron chi connectivity index (χ4n) is 2.14. The number of halogens is 1. The van der Waals surface area contributed by atoms with Crippen LogP contribution in [0.2, 0.25) is 4.34 Å². The van der Waals surface area contributed by atoms with Crippen LogP contribution in [0.4, 0.5) is 0 Å². The molecule has 2 heterocycles. The van der Waals surface area contributed by atoms with Gasteiger partial charge in [-0.25, -0.2) is 0 Å². The molecule has 0 aliphatic carbocycles. The maximum absolute atomic E-state index is 5.99. The maximum atomic E-state index is 5.99. The van der Waals surface area contributed by atoms with Crippen LogP contribution in [-0.2, 0) is 12.8 Å². The molecule has 2 aromatic rings. The van der Waals surface area contributed by atoms with Gasteiger partial charge in [-0.05, 0) is 44.2 Å². The number of aromatic nitrogens is 2. The standard InChI is InChI=1S/C14H18ClN3S/c1-4-12-11(7-9(2)17-18-12)13(16-3)8-10-5-6-14(15)19-10/h5-7,13,16H,4,8H2,1-3H3. The van der Waals surface area contributed by atoms with E-state index in [9.17, 15) is 0 Å². The first-order valence-corrected chi connectivity index (χ1v) is 7.58. The van der Waals surface area contributed by atoms with E-state index >= 15 is 0 Å². The largest absolute Gasteiger partial charge is 0.313 e.